The van der Waals surface area contributed by atoms with Gasteiger partial charge in [-0.05, 0) is 25.0 Å². The van der Waals surface area contributed by atoms with Gasteiger partial charge in [0.25, 0.3) is 5.56 Å². The molecule has 24 heavy (non-hydrogen) atoms. The van der Waals surface area contributed by atoms with Gasteiger partial charge >= 0.3 is 5.69 Å². The van der Waals surface area contributed by atoms with Crippen LogP contribution in [0.1, 0.15) is 12.8 Å². The van der Waals surface area contributed by atoms with Gasteiger partial charge in [-0.15, -0.1) is 0 Å². The van der Waals surface area contributed by atoms with Crippen LogP contribution in [0, 0.1) is 0 Å². The fourth-order valence-corrected chi connectivity index (χ4v) is 3.21. The van der Waals surface area contributed by atoms with Crippen molar-refractivity contribution in [2.24, 2.45) is 0 Å². The molecule has 0 unspecified atom stereocenters. The van der Waals surface area contributed by atoms with Gasteiger partial charge in [-0.2, -0.15) is 0 Å². The minimum absolute atomic E-state index is 0.0899. The number of aromatic nitrogens is 2. The maximum absolute atomic E-state index is 12.7. The van der Waals surface area contributed by atoms with E-state index in [1.165, 1.54) is 29.7 Å². The number of anilines is 2. The van der Waals surface area contributed by atoms with Crippen molar-refractivity contribution in [1.82, 2.24) is 9.55 Å². The molecule has 2 aromatic rings. The molecule has 1 aliphatic carbocycles. The minimum Gasteiger partial charge on any atom is -0.365 e. The molecule has 0 atom stereocenters. The van der Waals surface area contributed by atoms with Crippen LogP contribution in [0.25, 0.3) is 0 Å². The van der Waals surface area contributed by atoms with E-state index in [0.29, 0.717) is 12.6 Å². The Labute approximate surface area is 138 Å². The molecule has 1 aliphatic heterocycles. The molecule has 1 aromatic carbocycles. The molecule has 7 nitrogen and oxygen atoms in total. The molecular weight excluding hydrogens is 308 g/mol. The van der Waals surface area contributed by atoms with E-state index >= 15 is 0 Å². The Kier molecular flexibility index (Phi) is 3.48. The van der Waals surface area contributed by atoms with E-state index in [4.69, 9.17) is 0 Å². The Morgan fingerprint density at radius 1 is 1.08 bits per heavy atom. The van der Waals surface area contributed by atoms with Crippen LogP contribution in [0.15, 0.2) is 46.1 Å². The highest BCUT2D eigenvalue weighted by Crippen LogP contribution is 2.39. The molecule has 2 aliphatic rings. The third-order valence-corrected chi connectivity index (χ3v) is 4.54. The van der Waals surface area contributed by atoms with Crippen LogP contribution >= 0.6 is 0 Å². The van der Waals surface area contributed by atoms with Crippen molar-refractivity contribution in [3.8, 4) is 0 Å². The van der Waals surface area contributed by atoms with Crippen molar-refractivity contribution in [3.05, 3.63) is 57.4 Å². The summed E-state index contributed by atoms with van der Waals surface area (Å²) in [5, 5.41) is 0. The van der Waals surface area contributed by atoms with Crippen LogP contribution in [0.3, 0.4) is 0 Å². The maximum Gasteiger partial charge on any atom is 0.328 e. The van der Waals surface area contributed by atoms with Gasteiger partial charge in [-0.3, -0.25) is 19.1 Å². The van der Waals surface area contributed by atoms with Gasteiger partial charge in [-0.1, -0.05) is 12.1 Å². The predicted octanol–water partition coefficient (Wildman–Crippen LogP) is 0.552. The summed E-state index contributed by atoms with van der Waals surface area (Å²) in [6, 6.07) is 9.71. The fourth-order valence-electron chi connectivity index (χ4n) is 3.21. The smallest absolute Gasteiger partial charge is 0.328 e. The zero-order valence-corrected chi connectivity index (χ0v) is 13.1. The summed E-state index contributed by atoms with van der Waals surface area (Å²) in [5.74, 6) is -0.160. The standard InChI is InChI=1S/C17H18N4O3/c22-15-7-8-19(17(24)18-15)11-16(23)21-10-9-20(12-5-6-12)13-3-1-2-4-14(13)21/h1-4,7-8,12H,5-6,9-11H2,(H,18,22,24). The second-order valence-corrected chi connectivity index (χ2v) is 6.20. The first kappa shape index (κ1) is 14.7. The first-order valence-electron chi connectivity index (χ1n) is 8.09. The first-order chi connectivity index (χ1) is 11.6. The maximum atomic E-state index is 12.7. The van der Waals surface area contributed by atoms with Gasteiger partial charge in [0.2, 0.25) is 5.91 Å². The van der Waals surface area contributed by atoms with Gasteiger partial charge in [0.05, 0.1) is 11.4 Å². The topological polar surface area (TPSA) is 78.4 Å². The molecule has 7 heteroatoms. The normalized spacial score (nSPS) is 16.8. The molecule has 1 fully saturated rings. The Morgan fingerprint density at radius 2 is 1.83 bits per heavy atom. The number of benzene rings is 1. The summed E-state index contributed by atoms with van der Waals surface area (Å²) in [4.78, 5) is 41.9. The quantitative estimate of drug-likeness (QED) is 0.893. The third-order valence-electron chi connectivity index (χ3n) is 4.54. The Morgan fingerprint density at radius 3 is 2.54 bits per heavy atom. The number of nitrogens with one attached hydrogen (secondary N) is 1. The lowest BCUT2D eigenvalue weighted by Crippen LogP contribution is -2.47. The van der Waals surface area contributed by atoms with Gasteiger partial charge in [0.1, 0.15) is 6.54 Å². The van der Waals surface area contributed by atoms with Crippen LogP contribution < -0.4 is 21.0 Å². The number of rotatable bonds is 3. The number of hydrogen-bond donors (Lipinski definition) is 1. The molecular formula is C17H18N4O3. The number of carbonyl (C=O) groups is 1. The Balaban J connectivity index is 1.61. The molecule has 0 radical (unpaired) electrons. The van der Waals surface area contributed by atoms with E-state index in [1.54, 1.807) is 4.90 Å². The van der Waals surface area contributed by atoms with Crippen molar-refractivity contribution in [1.29, 1.82) is 0 Å². The predicted molar refractivity (Wildman–Crippen MR) is 90.5 cm³/mol. The monoisotopic (exact) mass is 326 g/mol. The summed E-state index contributed by atoms with van der Waals surface area (Å²) in [6.45, 7) is 1.31. The molecule has 0 bridgehead atoms. The average Bonchev–Trinajstić information content (AvgIpc) is 3.41. The van der Waals surface area contributed by atoms with Gasteiger partial charge in [0, 0.05) is 31.4 Å². The Hall–Kier alpha value is -2.83. The third kappa shape index (κ3) is 2.62. The lowest BCUT2D eigenvalue weighted by molar-refractivity contribution is -0.119. The van der Waals surface area contributed by atoms with Crippen LogP contribution in [-0.4, -0.2) is 34.6 Å². The summed E-state index contributed by atoms with van der Waals surface area (Å²) in [7, 11) is 0. The molecule has 2 heterocycles. The van der Waals surface area contributed by atoms with Crippen LogP contribution in [0.5, 0.6) is 0 Å². The zero-order chi connectivity index (χ0) is 16.7. The average molecular weight is 326 g/mol. The zero-order valence-electron chi connectivity index (χ0n) is 13.1. The van der Waals surface area contributed by atoms with E-state index in [0.717, 1.165) is 17.9 Å². The Bertz CT molecular complexity index is 897. The summed E-state index contributed by atoms with van der Waals surface area (Å²) >= 11 is 0. The fraction of sp³-hybridized carbons (Fsp3) is 0.353. The van der Waals surface area contributed by atoms with E-state index in [2.05, 4.69) is 9.88 Å². The largest absolute Gasteiger partial charge is 0.365 e. The molecule has 1 amide bonds. The van der Waals surface area contributed by atoms with Crippen LogP contribution in [0.4, 0.5) is 11.4 Å². The second kappa shape index (κ2) is 5.67. The van der Waals surface area contributed by atoms with Gasteiger partial charge in [0.15, 0.2) is 0 Å². The number of hydrogen-bond acceptors (Lipinski definition) is 4. The number of aromatic amines is 1. The van der Waals surface area contributed by atoms with E-state index < -0.39 is 11.2 Å². The van der Waals surface area contributed by atoms with Gasteiger partial charge < -0.3 is 9.80 Å². The highest BCUT2D eigenvalue weighted by molar-refractivity contribution is 5.97. The summed E-state index contributed by atoms with van der Waals surface area (Å²) < 4.78 is 1.22. The number of para-hydroxylation sites is 2. The van der Waals surface area contributed by atoms with Crippen molar-refractivity contribution < 1.29 is 4.79 Å². The second-order valence-electron chi connectivity index (χ2n) is 6.20. The SMILES string of the molecule is O=C(Cn1ccc(=O)[nH]c1=O)N1CCN(C2CC2)c2ccccc21. The van der Waals surface area contributed by atoms with E-state index in [1.807, 2.05) is 24.3 Å². The molecule has 0 saturated heterocycles. The van der Waals surface area contributed by atoms with Crippen molar-refractivity contribution in [2.75, 3.05) is 22.9 Å². The molecule has 1 saturated carbocycles. The van der Waals surface area contributed by atoms with Gasteiger partial charge in [-0.25, -0.2) is 4.79 Å². The highest BCUT2D eigenvalue weighted by atomic mass is 16.2. The summed E-state index contributed by atoms with van der Waals surface area (Å²) in [6.07, 6.45) is 3.76. The van der Waals surface area contributed by atoms with E-state index in [-0.39, 0.29) is 12.5 Å². The van der Waals surface area contributed by atoms with Crippen molar-refractivity contribution >= 4 is 17.3 Å². The van der Waals surface area contributed by atoms with E-state index in [9.17, 15) is 14.4 Å². The first-order valence-corrected chi connectivity index (χ1v) is 8.09. The van der Waals surface area contributed by atoms with Crippen LogP contribution in [0.2, 0.25) is 0 Å². The number of H-pyrrole nitrogens is 1. The molecule has 0 spiro atoms. The van der Waals surface area contributed by atoms with Crippen LogP contribution in [-0.2, 0) is 11.3 Å². The lowest BCUT2D eigenvalue weighted by atomic mass is 10.1. The molecule has 124 valence electrons. The minimum atomic E-state index is -0.569. The van der Waals surface area contributed by atoms with Crippen molar-refractivity contribution in [2.45, 2.75) is 25.4 Å². The van der Waals surface area contributed by atoms with Crippen molar-refractivity contribution in [3.63, 3.8) is 0 Å². The molecule has 1 N–H and O–H groups in total. The lowest BCUT2D eigenvalue weighted by Gasteiger charge is -2.38. The number of amides is 1. The molecule has 1 aromatic heterocycles. The number of carbonyl (C=O) groups excluding carboxylic acids is 1. The number of nitrogens with zero attached hydrogens (tertiary/aromatic N) is 3. The molecule has 4 rings (SSSR count). The highest BCUT2D eigenvalue weighted by Gasteiger charge is 2.35. The summed E-state index contributed by atoms with van der Waals surface area (Å²) in [5.41, 5.74) is 0.930. The number of fused-ring (bicyclic) bond motifs is 1.